The first-order valence-corrected chi connectivity index (χ1v) is 7.50. The standard InChI is InChI=1S/C16H24N2O4/c1-6-8(3)13(16(21)22)18-15(20)14-11(7-2)12(10(5)19)9(4)17-14/h8,13,17H,6-7H2,1-5H3,(H,18,20)(H,21,22). The number of carbonyl (C=O) groups excluding carboxylic acids is 2. The summed E-state index contributed by atoms with van der Waals surface area (Å²) in [5.41, 5.74) is 2.06. The van der Waals surface area contributed by atoms with Gasteiger partial charge < -0.3 is 15.4 Å². The number of H-pyrrole nitrogens is 1. The van der Waals surface area contributed by atoms with Gasteiger partial charge in [-0.15, -0.1) is 0 Å². The summed E-state index contributed by atoms with van der Waals surface area (Å²) in [5.74, 6) is -1.84. The number of carboxylic acids is 1. The van der Waals surface area contributed by atoms with Gasteiger partial charge in [-0.3, -0.25) is 9.59 Å². The lowest BCUT2D eigenvalue weighted by molar-refractivity contribution is -0.140. The van der Waals surface area contributed by atoms with Crippen molar-refractivity contribution in [3.05, 3.63) is 22.5 Å². The zero-order chi connectivity index (χ0) is 17.0. The highest BCUT2D eigenvalue weighted by molar-refractivity contribution is 6.03. The number of carboxylic acid groups (broad SMARTS) is 1. The molecule has 1 heterocycles. The van der Waals surface area contributed by atoms with Gasteiger partial charge in [0.15, 0.2) is 5.78 Å². The quantitative estimate of drug-likeness (QED) is 0.673. The van der Waals surface area contributed by atoms with Crippen LogP contribution in [0.15, 0.2) is 0 Å². The van der Waals surface area contributed by atoms with Gasteiger partial charge in [-0.2, -0.15) is 0 Å². The smallest absolute Gasteiger partial charge is 0.326 e. The fourth-order valence-corrected chi connectivity index (χ4v) is 2.60. The number of rotatable bonds is 7. The Hall–Kier alpha value is -2.11. The van der Waals surface area contributed by atoms with Crippen molar-refractivity contribution in [2.24, 2.45) is 5.92 Å². The van der Waals surface area contributed by atoms with E-state index in [0.717, 1.165) is 0 Å². The Kier molecular flexibility index (Phi) is 5.91. The molecule has 2 unspecified atom stereocenters. The van der Waals surface area contributed by atoms with Crippen LogP contribution in [0.2, 0.25) is 0 Å². The van der Waals surface area contributed by atoms with Crippen molar-refractivity contribution in [2.45, 2.75) is 53.5 Å². The number of aryl methyl sites for hydroxylation is 1. The maximum atomic E-state index is 12.4. The Balaban J connectivity index is 3.15. The molecule has 122 valence electrons. The Morgan fingerprint density at radius 1 is 1.27 bits per heavy atom. The van der Waals surface area contributed by atoms with Crippen molar-refractivity contribution in [1.29, 1.82) is 0 Å². The maximum absolute atomic E-state index is 12.4. The second-order valence-corrected chi connectivity index (χ2v) is 5.56. The van der Waals surface area contributed by atoms with Crippen LogP contribution in [0.1, 0.15) is 66.2 Å². The van der Waals surface area contributed by atoms with E-state index >= 15 is 0 Å². The molecule has 0 fully saturated rings. The molecule has 6 heteroatoms. The minimum atomic E-state index is -1.06. The molecule has 2 atom stereocenters. The summed E-state index contributed by atoms with van der Waals surface area (Å²) in [4.78, 5) is 38.4. The summed E-state index contributed by atoms with van der Waals surface area (Å²) in [6, 6.07) is -0.952. The minimum absolute atomic E-state index is 0.110. The molecule has 0 aliphatic heterocycles. The monoisotopic (exact) mass is 308 g/mol. The molecule has 6 nitrogen and oxygen atoms in total. The van der Waals surface area contributed by atoms with Crippen LogP contribution in [0.4, 0.5) is 0 Å². The highest BCUT2D eigenvalue weighted by Crippen LogP contribution is 2.21. The predicted octanol–water partition coefficient (Wildman–Crippen LogP) is 2.32. The molecule has 1 rings (SSSR count). The van der Waals surface area contributed by atoms with Crippen molar-refractivity contribution < 1.29 is 19.5 Å². The van der Waals surface area contributed by atoms with Gasteiger partial charge in [0.2, 0.25) is 0 Å². The van der Waals surface area contributed by atoms with Crippen LogP contribution >= 0.6 is 0 Å². The predicted molar refractivity (Wildman–Crippen MR) is 83.3 cm³/mol. The van der Waals surface area contributed by atoms with Crippen LogP contribution in [0.5, 0.6) is 0 Å². The summed E-state index contributed by atoms with van der Waals surface area (Å²) in [5, 5.41) is 11.8. The Morgan fingerprint density at radius 2 is 1.86 bits per heavy atom. The summed E-state index contributed by atoms with van der Waals surface area (Å²) in [6.07, 6.45) is 1.16. The lowest BCUT2D eigenvalue weighted by Gasteiger charge is -2.20. The second-order valence-electron chi connectivity index (χ2n) is 5.56. The van der Waals surface area contributed by atoms with E-state index in [0.29, 0.717) is 29.7 Å². The molecular formula is C16H24N2O4. The van der Waals surface area contributed by atoms with Crippen LogP contribution in [-0.2, 0) is 11.2 Å². The summed E-state index contributed by atoms with van der Waals surface area (Å²) in [6.45, 7) is 8.69. The number of hydrogen-bond acceptors (Lipinski definition) is 3. The van der Waals surface area contributed by atoms with Gasteiger partial charge in [0.05, 0.1) is 0 Å². The lowest BCUT2D eigenvalue weighted by Crippen LogP contribution is -2.45. The first-order valence-electron chi connectivity index (χ1n) is 7.50. The van der Waals surface area contributed by atoms with Gasteiger partial charge >= 0.3 is 5.97 Å². The number of Topliss-reactive ketones (excluding diaryl/α,β-unsaturated/α-hetero) is 1. The van der Waals surface area contributed by atoms with E-state index in [-0.39, 0.29) is 17.4 Å². The van der Waals surface area contributed by atoms with E-state index in [2.05, 4.69) is 10.3 Å². The number of nitrogens with one attached hydrogen (secondary N) is 2. The van der Waals surface area contributed by atoms with E-state index in [9.17, 15) is 19.5 Å². The molecule has 0 aliphatic rings. The number of aliphatic carboxylic acids is 1. The zero-order valence-electron chi connectivity index (χ0n) is 13.7. The molecule has 1 aromatic heterocycles. The van der Waals surface area contributed by atoms with Crippen LogP contribution in [-0.4, -0.2) is 33.8 Å². The molecule has 1 amide bonds. The summed E-state index contributed by atoms with van der Waals surface area (Å²) >= 11 is 0. The van der Waals surface area contributed by atoms with E-state index < -0.39 is 17.9 Å². The third kappa shape index (κ3) is 3.55. The average Bonchev–Trinajstić information content (AvgIpc) is 2.80. The minimum Gasteiger partial charge on any atom is -0.480 e. The molecular weight excluding hydrogens is 284 g/mol. The first-order chi connectivity index (χ1) is 10.2. The van der Waals surface area contributed by atoms with Gasteiger partial charge in [-0.1, -0.05) is 27.2 Å². The maximum Gasteiger partial charge on any atom is 0.326 e. The molecule has 0 radical (unpaired) electrons. The first kappa shape index (κ1) is 17.9. The molecule has 0 bridgehead atoms. The number of ketones is 1. The van der Waals surface area contributed by atoms with Gasteiger partial charge in [-0.25, -0.2) is 4.79 Å². The third-order valence-corrected chi connectivity index (χ3v) is 3.99. The van der Waals surface area contributed by atoms with Crippen molar-refractivity contribution in [1.82, 2.24) is 10.3 Å². The van der Waals surface area contributed by atoms with Gasteiger partial charge in [0.25, 0.3) is 5.91 Å². The van der Waals surface area contributed by atoms with Crippen LogP contribution in [0.25, 0.3) is 0 Å². The Bertz CT molecular complexity index is 589. The molecule has 1 aromatic rings. The third-order valence-electron chi connectivity index (χ3n) is 3.99. The van der Waals surface area contributed by atoms with Crippen LogP contribution in [0, 0.1) is 12.8 Å². The molecule has 0 saturated heterocycles. The number of hydrogen-bond donors (Lipinski definition) is 3. The largest absolute Gasteiger partial charge is 0.480 e. The van der Waals surface area contributed by atoms with Gasteiger partial charge in [0.1, 0.15) is 11.7 Å². The zero-order valence-corrected chi connectivity index (χ0v) is 13.7. The lowest BCUT2D eigenvalue weighted by atomic mass is 9.98. The second kappa shape index (κ2) is 7.24. The Morgan fingerprint density at radius 3 is 2.27 bits per heavy atom. The normalized spacial score (nSPS) is 13.5. The topological polar surface area (TPSA) is 99.3 Å². The van der Waals surface area contributed by atoms with Crippen LogP contribution < -0.4 is 5.32 Å². The van der Waals surface area contributed by atoms with Crippen LogP contribution in [0.3, 0.4) is 0 Å². The fraction of sp³-hybridized carbons (Fsp3) is 0.562. The van der Waals surface area contributed by atoms with Gasteiger partial charge in [0, 0.05) is 11.3 Å². The van der Waals surface area contributed by atoms with Crippen molar-refractivity contribution >= 4 is 17.7 Å². The molecule has 0 spiro atoms. The van der Waals surface area contributed by atoms with E-state index in [1.165, 1.54) is 6.92 Å². The SMILES string of the molecule is CCc1c(C(=O)NC(C(=O)O)C(C)CC)[nH]c(C)c1C(C)=O. The molecule has 0 aromatic carbocycles. The fourth-order valence-electron chi connectivity index (χ4n) is 2.60. The molecule has 0 saturated carbocycles. The number of carbonyl (C=O) groups is 3. The number of aromatic nitrogens is 1. The van der Waals surface area contributed by atoms with Crippen molar-refractivity contribution in [3.63, 3.8) is 0 Å². The average molecular weight is 308 g/mol. The number of aromatic amines is 1. The highest BCUT2D eigenvalue weighted by Gasteiger charge is 2.28. The Labute approximate surface area is 130 Å². The summed E-state index contributed by atoms with van der Waals surface area (Å²) in [7, 11) is 0. The van der Waals surface area contributed by atoms with E-state index in [1.54, 1.807) is 13.8 Å². The van der Waals surface area contributed by atoms with Crippen molar-refractivity contribution in [3.8, 4) is 0 Å². The molecule has 22 heavy (non-hydrogen) atoms. The van der Waals surface area contributed by atoms with Gasteiger partial charge in [-0.05, 0) is 31.7 Å². The van der Waals surface area contributed by atoms with Crippen molar-refractivity contribution in [2.75, 3.05) is 0 Å². The molecule has 0 aliphatic carbocycles. The number of amides is 1. The highest BCUT2D eigenvalue weighted by atomic mass is 16.4. The van der Waals surface area contributed by atoms with E-state index in [1.807, 2.05) is 13.8 Å². The molecule has 3 N–H and O–H groups in total. The van der Waals surface area contributed by atoms with E-state index in [4.69, 9.17) is 0 Å². The summed E-state index contributed by atoms with van der Waals surface area (Å²) < 4.78 is 0.